The zero-order valence-electron chi connectivity index (χ0n) is 8.11. The van der Waals surface area contributed by atoms with E-state index in [4.69, 9.17) is 0 Å². The summed E-state index contributed by atoms with van der Waals surface area (Å²) < 4.78 is 0. The molecule has 3 atom stereocenters. The summed E-state index contributed by atoms with van der Waals surface area (Å²) in [7, 11) is 0. The summed E-state index contributed by atoms with van der Waals surface area (Å²) in [5.74, 6) is 0.717. The lowest BCUT2D eigenvalue weighted by Crippen LogP contribution is -2.35. The summed E-state index contributed by atoms with van der Waals surface area (Å²) in [4.78, 5) is 0. The Bertz CT molecular complexity index is 394. The van der Waals surface area contributed by atoms with Gasteiger partial charge in [-0.05, 0) is 29.5 Å². The Morgan fingerprint density at radius 3 is 2.64 bits per heavy atom. The zero-order chi connectivity index (χ0) is 9.71. The van der Waals surface area contributed by atoms with E-state index in [2.05, 4.69) is 30.8 Å². The van der Waals surface area contributed by atoms with Gasteiger partial charge in [-0.25, -0.2) is 0 Å². The highest BCUT2D eigenvalue weighted by Crippen LogP contribution is 2.51. The maximum absolute atomic E-state index is 10.0. The molecule has 1 aromatic rings. The molecule has 1 aromatic carbocycles. The minimum absolute atomic E-state index is 0.302. The van der Waals surface area contributed by atoms with Crippen molar-refractivity contribution in [3.63, 3.8) is 0 Å². The maximum atomic E-state index is 10.0. The van der Waals surface area contributed by atoms with Crippen LogP contribution in [0.1, 0.15) is 35.8 Å². The minimum Gasteiger partial charge on any atom is -0.388 e. The first-order chi connectivity index (χ1) is 6.79. The van der Waals surface area contributed by atoms with Gasteiger partial charge in [0.2, 0.25) is 0 Å². The Hall–Kier alpha value is -1.08. The van der Waals surface area contributed by atoms with E-state index < -0.39 is 0 Å². The molecule has 0 heterocycles. The van der Waals surface area contributed by atoms with Crippen LogP contribution in [-0.2, 0) is 0 Å². The van der Waals surface area contributed by atoms with Crippen LogP contribution >= 0.6 is 0 Å². The fourth-order valence-corrected chi connectivity index (χ4v) is 3.00. The first kappa shape index (κ1) is 8.25. The molecule has 3 aliphatic rings. The largest absolute Gasteiger partial charge is 0.388 e. The SMILES string of the molecule is C=C1[C@H]2CC[C@@H](c3ccccc32)[C@H]1O. The Morgan fingerprint density at radius 1 is 1.14 bits per heavy atom. The van der Waals surface area contributed by atoms with Crippen LogP contribution in [0.2, 0.25) is 0 Å². The zero-order valence-corrected chi connectivity index (χ0v) is 8.11. The lowest BCUT2D eigenvalue weighted by Gasteiger charge is -2.43. The predicted octanol–water partition coefficient (Wildman–Crippen LogP) is 2.58. The third kappa shape index (κ3) is 0.881. The lowest BCUT2D eigenvalue weighted by molar-refractivity contribution is 0.136. The summed E-state index contributed by atoms with van der Waals surface area (Å²) >= 11 is 0. The Labute approximate surface area is 84.1 Å². The monoisotopic (exact) mass is 186 g/mol. The maximum Gasteiger partial charge on any atom is 0.0822 e. The van der Waals surface area contributed by atoms with E-state index in [1.54, 1.807) is 0 Å². The van der Waals surface area contributed by atoms with E-state index in [1.807, 2.05) is 0 Å². The van der Waals surface area contributed by atoms with Crippen molar-refractivity contribution in [2.45, 2.75) is 30.8 Å². The van der Waals surface area contributed by atoms with Crippen LogP contribution in [0.25, 0.3) is 0 Å². The molecule has 1 fully saturated rings. The Morgan fingerprint density at radius 2 is 1.86 bits per heavy atom. The number of hydrogen-bond donors (Lipinski definition) is 1. The topological polar surface area (TPSA) is 20.2 Å². The molecule has 0 unspecified atom stereocenters. The van der Waals surface area contributed by atoms with Crippen molar-refractivity contribution in [1.29, 1.82) is 0 Å². The highest BCUT2D eigenvalue weighted by atomic mass is 16.3. The van der Waals surface area contributed by atoms with Crippen LogP contribution in [0.5, 0.6) is 0 Å². The van der Waals surface area contributed by atoms with Crippen molar-refractivity contribution in [3.8, 4) is 0 Å². The van der Waals surface area contributed by atoms with Gasteiger partial charge < -0.3 is 5.11 Å². The van der Waals surface area contributed by atoms with E-state index in [1.165, 1.54) is 11.1 Å². The Balaban J connectivity index is 2.22. The van der Waals surface area contributed by atoms with Crippen molar-refractivity contribution in [2.75, 3.05) is 0 Å². The molecule has 0 aliphatic heterocycles. The van der Waals surface area contributed by atoms with E-state index in [0.717, 1.165) is 18.4 Å². The van der Waals surface area contributed by atoms with Gasteiger partial charge in [-0.15, -0.1) is 0 Å². The standard InChI is InChI=1S/C13H14O/c1-8-9-6-7-12(13(8)14)11-5-3-2-4-10(9)11/h2-5,9,12-14H,1,6-7H2/t9-,12+,13+/m1/s1. The number of aliphatic hydroxyl groups is 1. The number of aliphatic hydroxyl groups excluding tert-OH is 1. The quantitative estimate of drug-likeness (QED) is 0.617. The summed E-state index contributed by atoms with van der Waals surface area (Å²) in [5, 5.41) is 10.0. The second-order valence-electron chi connectivity index (χ2n) is 4.39. The van der Waals surface area contributed by atoms with Crippen LogP contribution in [0.15, 0.2) is 36.4 Å². The molecule has 3 aliphatic carbocycles. The predicted molar refractivity (Wildman–Crippen MR) is 56.3 cm³/mol. The van der Waals surface area contributed by atoms with Gasteiger partial charge in [0.1, 0.15) is 0 Å². The van der Waals surface area contributed by atoms with E-state index in [0.29, 0.717) is 11.8 Å². The molecule has 0 aromatic heterocycles. The average molecular weight is 186 g/mol. The molecule has 0 saturated heterocycles. The molecule has 72 valence electrons. The van der Waals surface area contributed by atoms with Crippen molar-refractivity contribution in [1.82, 2.24) is 0 Å². The van der Waals surface area contributed by atoms with Gasteiger partial charge in [0.15, 0.2) is 0 Å². The molecule has 1 saturated carbocycles. The third-order valence-corrected chi connectivity index (χ3v) is 3.75. The van der Waals surface area contributed by atoms with Crippen LogP contribution in [0.3, 0.4) is 0 Å². The molecular weight excluding hydrogens is 172 g/mol. The normalized spacial score (nSPS) is 34.4. The minimum atomic E-state index is -0.302. The second-order valence-corrected chi connectivity index (χ2v) is 4.39. The molecule has 4 rings (SSSR count). The molecule has 1 heteroatoms. The summed E-state index contributed by atoms with van der Waals surface area (Å²) in [6.45, 7) is 4.03. The summed E-state index contributed by atoms with van der Waals surface area (Å²) in [6.07, 6.45) is 1.98. The fraction of sp³-hybridized carbons (Fsp3) is 0.385. The van der Waals surface area contributed by atoms with Crippen molar-refractivity contribution >= 4 is 0 Å². The molecule has 14 heavy (non-hydrogen) atoms. The Kier molecular flexibility index (Phi) is 1.59. The second kappa shape index (κ2) is 2.71. The third-order valence-electron chi connectivity index (χ3n) is 3.75. The van der Waals surface area contributed by atoms with Crippen molar-refractivity contribution < 1.29 is 5.11 Å². The van der Waals surface area contributed by atoms with Crippen LogP contribution < -0.4 is 0 Å². The summed E-state index contributed by atoms with van der Waals surface area (Å²) in [6, 6.07) is 8.49. The number of fused-ring (bicyclic) bond motifs is 2. The van der Waals surface area contributed by atoms with Gasteiger partial charge >= 0.3 is 0 Å². The van der Waals surface area contributed by atoms with E-state index >= 15 is 0 Å². The first-order valence-corrected chi connectivity index (χ1v) is 5.24. The molecule has 1 nitrogen and oxygen atoms in total. The molecular formula is C13H14O. The van der Waals surface area contributed by atoms with Crippen LogP contribution in [-0.4, -0.2) is 11.2 Å². The van der Waals surface area contributed by atoms with Gasteiger partial charge in [0.25, 0.3) is 0 Å². The molecule has 0 radical (unpaired) electrons. The van der Waals surface area contributed by atoms with Gasteiger partial charge in [-0.3, -0.25) is 0 Å². The molecule has 0 amide bonds. The van der Waals surface area contributed by atoms with E-state index in [-0.39, 0.29) is 6.10 Å². The van der Waals surface area contributed by atoms with Gasteiger partial charge in [0.05, 0.1) is 6.10 Å². The van der Waals surface area contributed by atoms with Gasteiger partial charge in [-0.2, -0.15) is 0 Å². The fourth-order valence-electron chi connectivity index (χ4n) is 3.00. The highest BCUT2D eigenvalue weighted by Gasteiger charge is 2.40. The van der Waals surface area contributed by atoms with Crippen molar-refractivity contribution in [3.05, 3.63) is 47.5 Å². The summed E-state index contributed by atoms with van der Waals surface area (Å²) in [5.41, 5.74) is 3.78. The highest BCUT2D eigenvalue weighted by molar-refractivity contribution is 5.47. The van der Waals surface area contributed by atoms with Gasteiger partial charge in [-0.1, -0.05) is 30.8 Å². The first-order valence-electron chi connectivity index (χ1n) is 5.24. The molecule has 0 spiro atoms. The molecule has 1 N–H and O–H groups in total. The van der Waals surface area contributed by atoms with E-state index in [9.17, 15) is 5.11 Å². The number of rotatable bonds is 0. The van der Waals surface area contributed by atoms with Crippen molar-refractivity contribution in [2.24, 2.45) is 0 Å². The lowest BCUT2D eigenvalue weighted by atomic mass is 9.63. The smallest absolute Gasteiger partial charge is 0.0822 e. The average Bonchev–Trinajstić information content (AvgIpc) is 2.24. The number of benzene rings is 1. The molecule has 2 bridgehead atoms. The number of hydrogen-bond acceptors (Lipinski definition) is 1. The van der Waals surface area contributed by atoms with Crippen LogP contribution in [0.4, 0.5) is 0 Å². The van der Waals surface area contributed by atoms with Gasteiger partial charge in [0, 0.05) is 11.8 Å². The van der Waals surface area contributed by atoms with Crippen LogP contribution in [0, 0.1) is 0 Å².